The van der Waals surface area contributed by atoms with Crippen molar-refractivity contribution in [2.75, 3.05) is 13.1 Å². The van der Waals surface area contributed by atoms with Gasteiger partial charge in [-0.3, -0.25) is 9.30 Å². The molecule has 0 N–H and O–H groups in total. The third-order valence-corrected chi connectivity index (χ3v) is 5.30. The van der Waals surface area contributed by atoms with Crippen LogP contribution in [-0.4, -0.2) is 42.4 Å². The molecule has 5 rings (SSSR count). The minimum absolute atomic E-state index is 0.422. The maximum Gasteiger partial charge on any atom is 0.160 e. The third kappa shape index (κ3) is 3.24. The number of piperidine rings is 1. The van der Waals surface area contributed by atoms with Crippen molar-refractivity contribution in [1.29, 1.82) is 0 Å². The quantitative estimate of drug-likeness (QED) is 0.562. The molecule has 0 radical (unpaired) electrons. The van der Waals surface area contributed by atoms with Gasteiger partial charge >= 0.3 is 0 Å². The average molecular weight is 358 g/mol. The van der Waals surface area contributed by atoms with E-state index < -0.39 is 0 Å². The van der Waals surface area contributed by atoms with Crippen LogP contribution in [0.2, 0.25) is 0 Å². The van der Waals surface area contributed by atoms with Gasteiger partial charge in [0.15, 0.2) is 5.65 Å². The highest BCUT2D eigenvalue weighted by Crippen LogP contribution is 2.27. The highest BCUT2D eigenvalue weighted by atomic mass is 15.3. The monoisotopic (exact) mass is 358 g/mol. The van der Waals surface area contributed by atoms with Gasteiger partial charge in [-0.15, -0.1) is 10.2 Å². The lowest BCUT2D eigenvalue weighted by Gasteiger charge is -2.32. The number of pyridine rings is 1. The summed E-state index contributed by atoms with van der Waals surface area (Å²) in [4.78, 5) is 2.53. The lowest BCUT2D eigenvalue weighted by Crippen LogP contribution is -2.34. The van der Waals surface area contributed by atoms with E-state index in [4.69, 9.17) is 0 Å². The van der Waals surface area contributed by atoms with Gasteiger partial charge in [-0.05, 0) is 55.3 Å². The number of rotatable bonds is 4. The van der Waals surface area contributed by atoms with Crippen LogP contribution in [-0.2, 0) is 6.54 Å². The fourth-order valence-electron chi connectivity index (χ4n) is 4.03. The second-order valence-electron chi connectivity index (χ2n) is 7.18. The van der Waals surface area contributed by atoms with Gasteiger partial charge in [-0.2, -0.15) is 5.10 Å². The predicted octanol–water partition coefficient (Wildman–Crippen LogP) is 3.29. The molecular formula is C21H22N6. The van der Waals surface area contributed by atoms with Gasteiger partial charge in [0.1, 0.15) is 5.82 Å². The molecule has 4 heterocycles. The average Bonchev–Trinajstić information content (AvgIpc) is 3.39. The van der Waals surface area contributed by atoms with E-state index >= 15 is 0 Å². The fourth-order valence-corrected chi connectivity index (χ4v) is 4.03. The van der Waals surface area contributed by atoms with E-state index in [1.165, 1.54) is 18.4 Å². The molecule has 1 aliphatic heterocycles. The van der Waals surface area contributed by atoms with Crippen molar-refractivity contribution in [2.24, 2.45) is 0 Å². The van der Waals surface area contributed by atoms with Crippen molar-refractivity contribution in [2.45, 2.75) is 25.3 Å². The Labute approximate surface area is 158 Å². The van der Waals surface area contributed by atoms with Crippen molar-refractivity contribution in [1.82, 2.24) is 29.3 Å². The molecule has 1 aliphatic rings. The van der Waals surface area contributed by atoms with E-state index in [0.29, 0.717) is 5.92 Å². The van der Waals surface area contributed by atoms with Gasteiger partial charge in [0.05, 0.1) is 5.69 Å². The number of fused-ring (bicyclic) bond motifs is 1. The molecule has 6 nitrogen and oxygen atoms in total. The molecule has 1 fully saturated rings. The summed E-state index contributed by atoms with van der Waals surface area (Å²) in [6, 6.07) is 16.6. The topological polar surface area (TPSA) is 51.3 Å². The van der Waals surface area contributed by atoms with E-state index in [-0.39, 0.29) is 0 Å². The zero-order valence-electron chi connectivity index (χ0n) is 15.1. The number of hydrogen-bond acceptors (Lipinski definition) is 4. The summed E-state index contributed by atoms with van der Waals surface area (Å²) in [6.07, 6.45) is 8.21. The minimum atomic E-state index is 0.422. The zero-order valence-corrected chi connectivity index (χ0v) is 15.1. The van der Waals surface area contributed by atoms with E-state index in [0.717, 1.165) is 36.8 Å². The molecular weight excluding hydrogens is 336 g/mol. The Morgan fingerprint density at radius 2 is 2.00 bits per heavy atom. The van der Waals surface area contributed by atoms with Crippen LogP contribution in [0.3, 0.4) is 0 Å². The van der Waals surface area contributed by atoms with Crippen LogP contribution in [0.15, 0.2) is 67.1 Å². The Kier molecular flexibility index (Phi) is 4.18. The second kappa shape index (κ2) is 6.96. The third-order valence-electron chi connectivity index (χ3n) is 5.30. The highest BCUT2D eigenvalue weighted by molar-refractivity contribution is 5.38. The normalized spacial score (nSPS) is 18.1. The molecule has 4 aromatic rings. The first-order valence-electron chi connectivity index (χ1n) is 9.48. The molecule has 0 unspecified atom stereocenters. The van der Waals surface area contributed by atoms with Gasteiger partial charge in [-0.1, -0.05) is 18.2 Å². The Balaban J connectivity index is 1.34. The first-order valence-corrected chi connectivity index (χ1v) is 9.48. The molecule has 3 aromatic heterocycles. The number of hydrogen-bond donors (Lipinski definition) is 0. The first kappa shape index (κ1) is 16.2. The molecule has 136 valence electrons. The summed E-state index contributed by atoms with van der Waals surface area (Å²) >= 11 is 0. The summed E-state index contributed by atoms with van der Waals surface area (Å²) in [6.45, 7) is 3.09. The molecule has 1 saturated heterocycles. The van der Waals surface area contributed by atoms with Gasteiger partial charge in [0.2, 0.25) is 0 Å². The van der Waals surface area contributed by atoms with Crippen LogP contribution in [0.4, 0.5) is 0 Å². The zero-order chi connectivity index (χ0) is 18.1. The van der Waals surface area contributed by atoms with Crippen molar-refractivity contribution < 1.29 is 0 Å². The van der Waals surface area contributed by atoms with Gasteiger partial charge in [-0.25, -0.2) is 4.68 Å². The van der Waals surface area contributed by atoms with E-state index in [9.17, 15) is 0 Å². The van der Waals surface area contributed by atoms with Crippen molar-refractivity contribution in [3.05, 3.63) is 78.5 Å². The molecule has 0 saturated carbocycles. The van der Waals surface area contributed by atoms with Crippen LogP contribution in [0, 0.1) is 0 Å². The number of likely N-dealkylation sites (tertiary alicyclic amines) is 1. The molecule has 0 aliphatic carbocycles. The van der Waals surface area contributed by atoms with E-state index in [1.54, 1.807) is 0 Å². The molecule has 6 heteroatoms. The maximum absolute atomic E-state index is 4.48. The minimum Gasteiger partial charge on any atom is -0.298 e. The van der Waals surface area contributed by atoms with E-state index in [2.05, 4.69) is 55.1 Å². The predicted molar refractivity (Wildman–Crippen MR) is 104 cm³/mol. The Morgan fingerprint density at radius 3 is 2.93 bits per heavy atom. The number of aromatic nitrogens is 5. The molecule has 0 spiro atoms. The van der Waals surface area contributed by atoms with Crippen molar-refractivity contribution in [3.8, 4) is 5.69 Å². The smallest absolute Gasteiger partial charge is 0.160 e. The SMILES string of the molecule is c1cc(CN2CCC[C@@H](c3nnc4ccccn34)C2)cc(-n2cccn2)c1. The van der Waals surface area contributed by atoms with Crippen molar-refractivity contribution in [3.63, 3.8) is 0 Å². The molecule has 27 heavy (non-hydrogen) atoms. The summed E-state index contributed by atoms with van der Waals surface area (Å²) in [5.74, 6) is 1.51. The van der Waals surface area contributed by atoms with Crippen LogP contribution in [0.25, 0.3) is 11.3 Å². The molecule has 1 aromatic carbocycles. The van der Waals surface area contributed by atoms with Crippen LogP contribution < -0.4 is 0 Å². The number of benzene rings is 1. The highest BCUT2D eigenvalue weighted by Gasteiger charge is 2.25. The molecule has 0 amide bonds. The largest absolute Gasteiger partial charge is 0.298 e. The fraction of sp³-hybridized carbons (Fsp3) is 0.286. The standard InChI is InChI=1S/C21H22N6/c1-2-12-26-20(9-1)23-24-21(26)18-7-4-11-25(16-18)15-17-6-3-8-19(14-17)27-13-5-10-22-27/h1-3,5-6,8-10,12-14,18H,4,7,11,15-16H2/t18-/m1/s1. The summed E-state index contributed by atoms with van der Waals surface area (Å²) < 4.78 is 4.04. The van der Waals surface area contributed by atoms with Gasteiger partial charge in [0, 0.05) is 37.6 Å². The molecule has 1 atom stereocenters. The lowest BCUT2D eigenvalue weighted by atomic mass is 9.96. The first-order chi connectivity index (χ1) is 13.4. The van der Waals surface area contributed by atoms with Crippen LogP contribution >= 0.6 is 0 Å². The molecule has 0 bridgehead atoms. The van der Waals surface area contributed by atoms with E-state index in [1.807, 2.05) is 41.3 Å². The van der Waals surface area contributed by atoms with Gasteiger partial charge in [0.25, 0.3) is 0 Å². The Bertz CT molecular complexity index is 1040. The summed E-state index contributed by atoms with van der Waals surface area (Å²) in [7, 11) is 0. The van der Waals surface area contributed by atoms with Crippen molar-refractivity contribution >= 4 is 5.65 Å². The van der Waals surface area contributed by atoms with Crippen LogP contribution in [0.1, 0.15) is 30.1 Å². The maximum atomic E-state index is 4.48. The lowest BCUT2D eigenvalue weighted by molar-refractivity contribution is 0.196. The summed E-state index contributed by atoms with van der Waals surface area (Å²) in [5, 5.41) is 13.1. The number of nitrogens with zero attached hydrogens (tertiary/aromatic N) is 6. The van der Waals surface area contributed by atoms with Crippen LogP contribution in [0.5, 0.6) is 0 Å². The summed E-state index contributed by atoms with van der Waals surface area (Å²) in [5.41, 5.74) is 3.35. The Hall–Kier alpha value is -2.99. The Morgan fingerprint density at radius 1 is 1.00 bits per heavy atom. The second-order valence-corrected chi connectivity index (χ2v) is 7.18. The van der Waals surface area contributed by atoms with Gasteiger partial charge < -0.3 is 0 Å².